The molecular weight excluding hydrogens is 546 g/mol. The standard InChI is InChI=1S/C30H34F2N6O2S/c1-19(40-29(39)30(2,3)4)28(41-27-24-26(34-17-33-24)35-18-36-27)38-15-13-37(14-16-38)25(20-5-9-22(31)10-6-20)21-7-11-23(32)12-8-21/h5-12,17-19,25,28H,13-16H2,1-4H3,(H,33,34,35,36). The van der Waals surface area contributed by atoms with Crippen LogP contribution in [-0.4, -0.2) is 73.4 Å². The summed E-state index contributed by atoms with van der Waals surface area (Å²) in [5.41, 5.74) is 2.56. The van der Waals surface area contributed by atoms with E-state index in [1.165, 1.54) is 42.4 Å². The molecule has 1 fully saturated rings. The molecule has 0 saturated carbocycles. The summed E-state index contributed by atoms with van der Waals surface area (Å²) in [6, 6.07) is 12.8. The zero-order valence-electron chi connectivity index (χ0n) is 23.6. The molecule has 11 heteroatoms. The van der Waals surface area contributed by atoms with Crippen LogP contribution in [0.25, 0.3) is 11.2 Å². The average Bonchev–Trinajstić information content (AvgIpc) is 3.44. The van der Waals surface area contributed by atoms with Crippen LogP contribution in [0.2, 0.25) is 0 Å². The van der Waals surface area contributed by atoms with Gasteiger partial charge in [-0.05, 0) is 63.1 Å². The van der Waals surface area contributed by atoms with Crippen molar-refractivity contribution in [2.75, 3.05) is 26.2 Å². The fraction of sp³-hybridized carbons (Fsp3) is 0.400. The predicted octanol–water partition coefficient (Wildman–Crippen LogP) is 5.43. The number of aromatic nitrogens is 4. The highest BCUT2D eigenvalue weighted by atomic mass is 32.2. The van der Waals surface area contributed by atoms with Crippen molar-refractivity contribution < 1.29 is 18.3 Å². The average molecular weight is 581 g/mol. The van der Waals surface area contributed by atoms with Crippen molar-refractivity contribution in [2.24, 2.45) is 5.41 Å². The van der Waals surface area contributed by atoms with Crippen LogP contribution in [0, 0.1) is 17.0 Å². The lowest BCUT2D eigenvalue weighted by Crippen LogP contribution is -2.53. The van der Waals surface area contributed by atoms with Crippen molar-refractivity contribution in [3.63, 3.8) is 0 Å². The molecule has 41 heavy (non-hydrogen) atoms. The van der Waals surface area contributed by atoms with Gasteiger partial charge in [0, 0.05) is 26.2 Å². The number of halogens is 2. The number of benzene rings is 2. The highest BCUT2D eigenvalue weighted by molar-refractivity contribution is 8.00. The van der Waals surface area contributed by atoms with Crippen LogP contribution in [0.15, 0.2) is 66.2 Å². The first kappa shape index (κ1) is 29.1. The second kappa shape index (κ2) is 12.2. The minimum atomic E-state index is -0.634. The Balaban J connectivity index is 1.39. The van der Waals surface area contributed by atoms with Gasteiger partial charge in [-0.3, -0.25) is 14.6 Å². The van der Waals surface area contributed by atoms with Crippen LogP contribution in [-0.2, 0) is 9.53 Å². The third-order valence-corrected chi connectivity index (χ3v) is 8.63. The number of fused-ring (bicyclic) bond motifs is 1. The van der Waals surface area contributed by atoms with Crippen molar-refractivity contribution >= 4 is 28.9 Å². The summed E-state index contributed by atoms with van der Waals surface area (Å²) in [4.78, 5) is 33.6. The zero-order valence-corrected chi connectivity index (χ0v) is 24.4. The van der Waals surface area contributed by atoms with Crippen LogP contribution < -0.4 is 0 Å². The van der Waals surface area contributed by atoms with Crippen LogP contribution in [0.5, 0.6) is 0 Å². The molecule has 216 valence electrons. The molecule has 2 unspecified atom stereocenters. The lowest BCUT2D eigenvalue weighted by atomic mass is 9.96. The summed E-state index contributed by atoms with van der Waals surface area (Å²) in [5.74, 6) is -0.867. The monoisotopic (exact) mass is 580 g/mol. The topological polar surface area (TPSA) is 87.2 Å². The fourth-order valence-corrected chi connectivity index (χ4v) is 6.18. The largest absolute Gasteiger partial charge is 0.460 e. The van der Waals surface area contributed by atoms with E-state index >= 15 is 0 Å². The van der Waals surface area contributed by atoms with Crippen molar-refractivity contribution in [1.29, 1.82) is 0 Å². The van der Waals surface area contributed by atoms with E-state index in [2.05, 4.69) is 29.7 Å². The van der Waals surface area contributed by atoms with Crippen LogP contribution in [0.1, 0.15) is 44.9 Å². The van der Waals surface area contributed by atoms with Crippen molar-refractivity contribution in [1.82, 2.24) is 29.7 Å². The Bertz CT molecular complexity index is 1420. The SMILES string of the molecule is CC(OC(=O)C(C)(C)C)C(Sc1ncnc2nc[nH]c12)N1CCN(C(c2ccc(F)cc2)c2ccc(F)cc2)CC1. The van der Waals surface area contributed by atoms with Gasteiger partial charge in [0.05, 0.1) is 23.2 Å². The van der Waals surface area contributed by atoms with Crippen molar-refractivity contribution in [2.45, 2.75) is 50.2 Å². The van der Waals surface area contributed by atoms with Gasteiger partial charge in [-0.1, -0.05) is 36.0 Å². The number of nitrogens with one attached hydrogen (secondary N) is 1. The number of hydrogen-bond donors (Lipinski definition) is 1. The van der Waals surface area contributed by atoms with Gasteiger partial charge < -0.3 is 9.72 Å². The quantitative estimate of drug-likeness (QED) is 0.168. The number of aromatic amines is 1. The Hall–Kier alpha value is -3.41. The maximum atomic E-state index is 13.8. The number of ether oxygens (including phenoxy) is 1. The van der Waals surface area contributed by atoms with Crippen molar-refractivity contribution in [3.05, 3.63) is 83.9 Å². The van der Waals surface area contributed by atoms with E-state index < -0.39 is 11.5 Å². The number of esters is 1. The molecule has 0 spiro atoms. The first-order valence-electron chi connectivity index (χ1n) is 13.6. The van der Waals surface area contributed by atoms with Gasteiger partial charge in [-0.15, -0.1) is 0 Å². The smallest absolute Gasteiger partial charge is 0.311 e. The molecule has 2 aromatic carbocycles. The number of thioether (sulfide) groups is 1. The molecule has 5 rings (SSSR count). The Morgan fingerprint density at radius 3 is 2.02 bits per heavy atom. The molecule has 1 aliphatic heterocycles. The molecule has 3 heterocycles. The van der Waals surface area contributed by atoms with Gasteiger partial charge in [0.1, 0.15) is 34.6 Å². The number of hydrogen-bond acceptors (Lipinski definition) is 8. The zero-order chi connectivity index (χ0) is 29.1. The molecule has 0 radical (unpaired) electrons. The molecular formula is C30H34F2N6O2S. The summed E-state index contributed by atoms with van der Waals surface area (Å²) in [6.45, 7) is 10.2. The van der Waals surface area contributed by atoms with Gasteiger partial charge in [0.15, 0.2) is 5.65 Å². The lowest BCUT2D eigenvalue weighted by Gasteiger charge is -2.43. The van der Waals surface area contributed by atoms with E-state index in [1.807, 2.05) is 27.7 Å². The van der Waals surface area contributed by atoms with E-state index in [0.717, 1.165) is 21.7 Å². The molecule has 1 aliphatic rings. The predicted molar refractivity (Wildman–Crippen MR) is 154 cm³/mol. The molecule has 0 amide bonds. The van der Waals surface area contributed by atoms with Gasteiger partial charge in [-0.2, -0.15) is 0 Å². The van der Waals surface area contributed by atoms with Crippen LogP contribution in [0.4, 0.5) is 8.78 Å². The molecule has 1 saturated heterocycles. The maximum Gasteiger partial charge on any atom is 0.311 e. The summed E-state index contributed by atoms with van der Waals surface area (Å²) in [6.07, 6.45) is 2.64. The molecule has 0 aliphatic carbocycles. The number of carbonyl (C=O) groups excluding carboxylic acids is 1. The summed E-state index contributed by atoms with van der Waals surface area (Å²) in [5, 5.41) is 0.508. The van der Waals surface area contributed by atoms with Gasteiger partial charge in [-0.25, -0.2) is 23.7 Å². The maximum absolute atomic E-state index is 13.8. The summed E-state index contributed by atoms with van der Waals surface area (Å²) < 4.78 is 33.5. The Morgan fingerprint density at radius 2 is 1.46 bits per heavy atom. The molecule has 2 aromatic heterocycles. The normalized spacial score (nSPS) is 16.7. The Morgan fingerprint density at radius 1 is 0.902 bits per heavy atom. The molecule has 8 nitrogen and oxygen atoms in total. The van der Waals surface area contributed by atoms with Gasteiger partial charge in [0.2, 0.25) is 0 Å². The number of nitrogens with zero attached hydrogens (tertiary/aromatic N) is 5. The van der Waals surface area contributed by atoms with Gasteiger partial charge >= 0.3 is 5.97 Å². The first-order chi connectivity index (χ1) is 19.6. The lowest BCUT2D eigenvalue weighted by molar-refractivity contribution is -0.159. The second-order valence-corrected chi connectivity index (χ2v) is 12.3. The minimum Gasteiger partial charge on any atom is -0.460 e. The molecule has 0 bridgehead atoms. The highest BCUT2D eigenvalue weighted by Crippen LogP contribution is 2.35. The molecule has 4 aromatic rings. The summed E-state index contributed by atoms with van der Waals surface area (Å²) in [7, 11) is 0. The Labute approximate surface area is 242 Å². The van der Waals surface area contributed by atoms with E-state index in [1.54, 1.807) is 30.6 Å². The number of piperazine rings is 1. The van der Waals surface area contributed by atoms with Crippen LogP contribution >= 0.6 is 11.8 Å². The van der Waals surface area contributed by atoms with Crippen LogP contribution in [0.3, 0.4) is 0 Å². The first-order valence-corrected chi connectivity index (χ1v) is 14.5. The Kier molecular flexibility index (Phi) is 8.67. The van der Waals surface area contributed by atoms with E-state index in [9.17, 15) is 13.6 Å². The second-order valence-electron chi connectivity index (χ2n) is 11.2. The van der Waals surface area contributed by atoms with E-state index in [0.29, 0.717) is 31.8 Å². The van der Waals surface area contributed by atoms with E-state index in [-0.39, 0.29) is 29.0 Å². The molecule has 1 N–H and O–H groups in total. The minimum absolute atomic E-state index is 0.160. The summed E-state index contributed by atoms with van der Waals surface area (Å²) >= 11 is 1.52. The van der Waals surface area contributed by atoms with E-state index in [4.69, 9.17) is 4.74 Å². The number of rotatable bonds is 8. The third-order valence-electron chi connectivity index (χ3n) is 7.17. The fourth-order valence-electron chi connectivity index (χ4n) is 4.97. The molecule has 2 atom stereocenters. The van der Waals surface area contributed by atoms with Crippen molar-refractivity contribution in [3.8, 4) is 0 Å². The van der Waals surface area contributed by atoms with Gasteiger partial charge in [0.25, 0.3) is 0 Å². The number of H-pyrrole nitrogens is 1. The number of imidazole rings is 1. The number of carbonyl (C=O) groups is 1. The third kappa shape index (κ3) is 6.74. The highest BCUT2D eigenvalue weighted by Gasteiger charge is 2.36.